The van der Waals surface area contributed by atoms with Gasteiger partial charge in [0.2, 0.25) is 6.79 Å². The van der Waals surface area contributed by atoms with Gasteiger partial charge in [0.1, 0.15) is 0 Å². The Labute approximate surface area is 98.1 Å². The van der Waals surface area contributed by atoms with E-state index in [2.05, 4.69) is 0 Å². The number of rotatable bonds is 0. The van der Waals surface area contributed by atoms with Crippen LogP contribution in [0.1, 0.15) is 5.56 Å². The lowest BCUT2D eigenvalue weighted by atomic mass is 9.94. The van der Waals surface area contributed by atoms with Gasteiger partial charge in [-0.1, -0.05) is 0 Å². The maximum atomic E-state index is 12.8. The Hall–Kier alpha value is -1.96. The fourth-order valence-corrected chi connectivity index (χ4v) is 1.96. The molecule has 0 radical (unpaired) electrons. The van der Waals surface area contributed by atoms with E-state index in [1.807, 2.05) is 5.32 Å². The number of hydrogen-bond acceptors (Lipinski definition) is 4. The largest absolute Gasteiger partial charge is 0.454 e. The molecule has 0 aromatic heterocycles. The van der Waals surface area contributed by atoms with Crippen LogP contribution in [0.5, 0.6) is 11.5 Å². The minimum Gasteiger partial charge on any atom is -0.454 e. The van der Waals surface area contributed by atoms with E-state index in [0.29, 0.717) is 0 Å². The molecule has 8 heteroatoms. The van der Waals surface area contributed by atoms with E-state index in [4.69, 9.17) is 9.47 Å². The number of aliphatic hydroxyl groups is 1. The molecule has 96 valence electrons. The van der Waals surface area contributed by atoms with E-state index in [9.17, 15) is 23.1 Å². The summed E-state index contributed by atoms with van der Waals surface area (Å²) in [5, 5.41) is 11.6. The predicted octanol–water partition coefficient (Wildman–Crippen LogP) is 1.12. The van der Waals surface area contributed by atoms with Crippen LogP contribution in [-0.2, 0) is 10.4 Å². The number of alkyl halides is 3. The Kier molecular flexibility index (Phi) is 1.91. The molecular formula is C10H6F3NO4. The summed E-state index contributed by atoms with van der Waals surface area (Å²) in [5.41, 5.74) is -4.27. The highest BCUT2D eigenvalue weighted by Crippen LogP contribution is 2.50. The summed E-state index contributed by atoms with van der Waals surface area (Å²) in [4.78, 5) is 11.4. The fraction of sp³-hybridized carbons (Fsp3) is 0.300. The van der Waals surface area contributed by atoms with Crippen molar-refractivity contribution < 1.29 is 32.5 Å². The van der Waals surface area contributed by atoms with Crippen molar-refractivity contribution in [1.82, 2.24) is 0 Å². The summed E-state index contributed by atoms with van der Waals surface area (Å²) in [5.74, 6) is -1.25. The van der Waals surface area contributed by atoms with Gasteiger partial charge in [0, 0.05) is 11.6 Å². The molecule has 2 heterocycles. The van der Waals surface area contributed by atoms with E-state index in [1.165, 1.54) is 6.07 Å². The van der Waals surface area contributed by atoms with Crippen molar-refractivity contribution in [3.05, 3.63) is 17.7 Å². The highest BCUT2D eigenvalue weighted by Gasteiger charge is 2.64. The molecule has 0 spiro atoms. The summed E-state index contributed by atoms with van der Waals surface area (Å²) in [6.07, 6.45) is -5.12. The van der Waals surface area contributed by atoms with Crippen LogP contribution >= 0.6 is 0 Å². The maximum Gasteiger partial charge on any atom is 0.430 e. The molecule has 0 saturated carbocycles. The molecule has 2 aliphatic heterocycles. The molecule has 0 aliphatic carbocycles. The zero-order valence-corrected chi connectivity index (χ0v) is 8.67. The number of halogens is 3. The zero-order chi connectivity index (χ0) is 13.1. The summed E-state index contributed by atoms with van der Waals surface area (Å²) in [6.45, 7) is -0.114. The Balaban J connectivity index is 2.21. The molecule has 1 aromatic carbocycles. The van der Waals surface area contributed by atoms with Crippen molar-refractivity contribution in [3.63, 3.8) is 0 Å². The number of anilines is 1. The second-order valence-corrected chi connectivity index (χ2v) is 3.91. The summed E-state index contributed by atoms with van der Waals surface area (Å²) < 4.78 is 48.4. The first-order valence-corrected chi connectivity index (χ1v) is 4.88. The normalized spacial score (nSPS) is 25.0. The minimum atomic E-state index is -5.12. The zero-order valence-electron chi connectivity index (χ0n) is 8.67. The van der Waals surface area contributed by atoms with Crippen molar-refractivity contribution >= 4 is 11.6 Å². The predicted molar refractivity (Wildman–Crippen MR) is 51.1 cm³/mol. The highest BCUT2D eigenvalue weighted by molar-refractivity contribution is 6.06. The quantitative estimate of drug-likeness (QED) is 0.734. The third kappa shape index (κ3) is 1.18. The average molecular weight is 261 g/mol. The first-order chi connectivity index (χ1) is 8.34. The van der Waals surface area contributed by atoms with Gasteiger partial charge in [0.05, 0.1) is 5.69 Å². The molecule has 1 amide bonds. The number of benzene rings is 1. The molecule has 2 aliphatic rings. The van der Waals surface area contributed by atoms with E-state index in [-0.39, 0.29) is 24.0 Å². The van der Waals surface area contributed by atoms with E-state index in [0.717, 1.165) is 6.07 Å². The Morgan fingerprint density at radius 2 is 1.89 bits per heavy atom. The van der Waals surface area contributed by atoms with Gasteiger partial charge < -0.3 is 19.9 Å². The number of nitrogens with one attached hydrogen (secondary N) is 1. The molecule has 5 nitrogen and oxygen atoms in total. The maximum absolute atomic E-state index is 12.8. The van der Waals surface area contributed by atoms with Crippen molar-refractivity contribution in [3.8, 4) is 11.5 Å². The summed E-state index contributed by atoms with van der Waals surface area (Å²) >= 11 is 0. The van der Waals surface area contributed by atoms with Crippen LogP contribution < -0.4 is 14.8 Å². The Bertz CT molecular complexity index is 557. The molecule has 0 unspecified atom stereocenters. The monoisotopic (exact) mass is 261 g/mol. The van der Waals surface area contributed by atoms with Crippen LogP contribution in [0.2, 0.25) is 0 Å². The van der Waals surface area contributed by atoms with Gasteiger partial charge in [-0.2, -0.15) is 13.2 Å². The molecule has 1 aromatic rings. The van der Waals surface area contributed by atoms with Gasteiger partial charge in [-0.3, -0.25) is 4.79 Å². The standard InChI is InChI=1S/C10H6F3NO4/c11-10(12,13)9(16)4-1-6-7(18-3-17-6)2-5(4)14-8(9)15/h1-2,16H,3H2,(H,14,15)/t9-/m0/s1. The van der Waals surface area contributed by atoms with Crippen LogP contribution in [0.15, 0.2) is 12.1 Å². The number of amides is 1. The SMILES string of the molecule is O=C1Nc2cc3c(cc2[C@@]1(O)C(F)(F)F)OCO3. The van der Waals surface area contributed by atoms with Crippen LogP contribution in [0.25, 0.3) is 0 Å². The van der Waals surface area contributed by atoms with Crippen LogP contribution in [0.3, 0.4) is 0 Å². The van der Waals surface area contributed by atoms with Crippen molar-refractivity contribution in [2.45, 2.75) is 11.8 Å². The third-order valence-corrected chi connectivity index (χ3v) is 2.89. The first kappa shape index (κ1) is 11.1. The highest BCUT2D eigenvalue weighted by atomic mass is 19.4. The fourth-order valence-electron chi connectivity index (χ4n) is 1.96. The lowest BCUT2D eigenvalue weighted by Crippen LogP contribution is -2.47. The van der Waals surface area contributed by atoms with Gasteiger partial charge >= 0.3 is 6.18 Å². The number of hydrogen-bond donors (Lipinski definition) is 2. The minimum absolute atomic E-state index is 0.0629. The molecule has 18 heavy (non-hydrogen) atoms. The average Bonchev–Trinajstić information content (AvgIpc) is 2.80. The molecule has 2 N–H and O–H groups in total. The van der Waals surface area contributed by atoms with Crippen LogP contribution in [-0.4, -0.2) is 24.0 Å². The van der Waals surface area contributed by atoms with E-state index < -0.39 is 23.2 Å². The van der Waals surface area contributed by atoms with Gasteiger partial charge in [-0.05, 0) is 6.07 Å². The van der Waals surface area contributed by atoms with Gasteiger partial charge in [-0.25, -0.2) is 0 Å². The summed E-state index contributed by atoms with van der Waals surface area (Å²) in [6, 6.07) is 2.16. The molecular weight excluding hydrogens is 255 g/mol. The van der Waals surface area contributed by atoms with E-state index >= 15 is 0 Å². The van der Waals surface area contributed by atoms with Crippen LogP contribution in [0.4, 0.5) is 18.9 Å². The topological polar surface area (TPSA) is 67.8 Å². The smallest absolute Gasteiger partial charge is 0.430 e. The second kappa shape index (κ2) is 3.08. The Morgan fingerprint density at radius 3 is 2.50 bits per heavy atom. The van der Waals surface area contributed by atoms with Gasteiger partial charge in [0.15, 0.2) is 11.5 Å². The van der Waals surface area contributed by atoms with Crippen LogP contribution in [0, 0.1) is 0 Å². The van der Waals surface area contributed by atoms with E-state index in [1.54, 1.807) is 0 Å². The van der Waals surface area contributed by atoms with Gasteiger partial charge in [-0.15, -0.1) is 0 Å². The second-order valence-electron chi connectivity index (χ2n) is 3.91. The number of carbonyl (C=O) groups excluding carboxylic acids is 1. The molecule has 1 atom stereocenters. The molecule has 0 fully saturated rings. The number of fused-ring (bicyclic) bond motifs is 2. The number of carbonyl (C=O) groups is 1. The molecule has 3 rings (SSSR count). The molecule has 0 saturated heterocycles. The molecule has 0 bridgehead atoms. The lowest BCUT2D eigenvalue weighted by molar-refractivity contribution is -0.252. The van der Waals surface area contributed by atoms with Crippen molar-refractivity contribution in [1.29, 1.82) is 0 Å². The first-order valence-electron chi connectivity index (χ1n) is 4.88. The lowest BCUT2D eigenvalue weighted by Gasteiger charge is -2.23. The summed E-state index contributed by atoms with van der Waals surface area (Å²) in [7, 11) is 0. The Morgan fingerprint density at radius 1 is 1.28 bits per heavy atom. The number of ether oxygens (including phenoxy) is 2. The van der Waals surface area contributed by atoms with Gasteiger partial charge in [0.25, 0.3) is 11.5 Å². The van der Waals surface area contributed by atoms with Crippen molar-refractivity contribution in [2.75, 3.05) is 12.1 Å². The third-order valence-electron chi connectivity index (χ3n) is 2.89. The van der Waals surface area contributed by atoms with Crippen molar-refractivity contribution in [2.24, 2.45) is 0 Å².